The predicted octanol–water partition coefficient (Wildman–Crippen LogP) is 4.98. The summed E-state index contributed by atoms with van der Waals surface area (Å²) in [5.41, 5.74) is 6.57. The molecule has 1 aliphatic heterocycles. The Kier molecular flexibility index (Phi) is 7.56. The first kappa shape index (κ1) is 24.6. The minimum atomic E-state index is 0.352. The second-order valence-electron chi connectivity index (χ2n) is 9.25. The van der Waals surface area contributed by atoms with E-state index in [0.717, 1.165) is 66.9 Å². The highest BCUT2D eigenvalue weighted by atomic mass is 16.5. The van der Waals surface area contributed by atoms with Gasteiger partial charge < -0.3 is 19.5 Å². The Morgan fingerprint density at radius 3 is 2.43 bits per heavy atom. The highest BCUT2D eigenvalue weighted by Crippen LogP contribution is 2.33. The molecule has 2 heterocycles. The van der Waals surface area contributed by atoms with Crippen molar-refractivity contribution in [2.45, 2.75) is 33.0 Å². The maximum atomic E-state index is 6.10. The summed E-state index contributed by atoms with van der Waals surface area (Å²) in [4.78, 5) is 2.43. The number of aryl methyl sites for hydroxylation is 1. The summed E-state index contributed by atoms with van der Waals surface area (Å²) in [6.45, 7) is 5.96. The van der Waals surface area contributed by atoms with Crippen molar-refractivity contribution in [2.75, 3.05) is 32.6 Å². The smallest absolute Gasteiger partial charge is 0.161 e. The van der Waals surface area contributed by atoms with Crippen LogP contribution in [0.3, 0.4) is 0 Å². The Morgan fingerprint density at radius 1 is 0.892 bits per heavy atom. The van der Waals surface area contributed by atoms with Gasteiger partial charge in [0, 0.05) is 25.3 Å². The third kappa shape index (κ3) is 6.03. The quantitative estimate of drug-likeness (QED) is 0.330. The standard InChI is InChI=1S/C29H33N5O3/c1-21-8-10-24(11-9-21)30-26-6-4-5-7-27(26)37-20-25-19-34(32-31-25)15-14-33-13-12-22-16-28(35-2)29(36-3)17-23(22)18-33/h4-11,16-17,19,30H,12-15,18,20H2,1-3H3. The van der Waals surface area contributed by atoms with Crippen LogP contribution in [0.1, 0.15) is 22.4 Å². The van der Waals surface area contributed by atoms with Gasteiger partial charge in [0.05, 0.1) is 32.6 Å². The first-order chi connectivity index (χ1) is 18.1. The molecule has 0 amide bonds. The van der Waals surface area contributed by atoms with Crippen molar-refractivity contribution in [3.8, 4) is 17.2 Å². The number of anilines is 2. The second kappa shape index (κ2) is 11.3. The molecule has 8 nitrogen and oxygen atoms in total. The molecule has 0 bridgehead atoms. The van der Waals surface area contributed by atoms with E-state index in [-0.39, 0.29) is 0 Å². The topological polar surface area (TPSA) is 73.7 Å². The first-order valence-electron chi connectivity index (χ1n) is 12.5. The summed E-state index contributed by atoms with van der Waals surface area (Å²) in [5.74, 6) is 2.34. The zero-order chi connectivity index (χ0) is 25.6. The van der Waals surface area contributed by atoms with Crippen LogP contribution < -0.4 is 19.5 Å². The Balaban J connectivity index is 1.15. The van der Waals surface area contributed by atoms with E-state index in [1.54, 1.807) is 14.2 Å². The average molecular weight is 500 g/mol. The largest absolute Gasteiger partial charge is 0.493 e. The Labute approximate surface area is 217 Å². The maximum Gasteiger partial charge on any atom is 0.161 e. The van der Waals surface area contributed by atoms with E-state index >= 15 is 0 Å². The number of para-hydroxylation sites is 2. The van der Waals surface area contributed by atoms with E-state index in [2.05, 4.69) is 63.9 Å². The number of ether oxygens (including phenoxy) is 3. The summed E-state index contributed by atoms with van der Waals surface area (Å²) in [7, 11) is 3.36. The lowest BCUT2D eigenvalue weighted by Gasteiger charge is -2.29. The molecule has 1 aromatic heterocycles. The van der Waals surface area contributed by atoms with Crippen LogP contribution in [0.4, 0.5) is 11.4 Å². The van der Waals surface area contributed by atoms with Gasteiger partial charge in [-0.1, -0.05) is 35.0 Å². The molecular weight excluding hydrogens is 466 g/mol. The van der Waals surface area contributed by atoms with Crippen molar-refractivity contribution in [3.63, 3.8) is 0 Å². The number of nitrogens with one attached hydrogen (secondary N) is 1. The summed E-state index contributed by atoms with van der Waals surface area (Å²) in [5, 5.41) is 12.1. The zero-order valence-corrected chi connectivity index (χ0v) is 21.6. The van der Waals surface area contributed by atoms with Crippen LogP contribution in [0.2, 0.25) is 0 Å². The molecule has 0 atom stereocenters. The lowest BCUT2D eigenvalue weighted by molar-refractivity contribution is 0.238. The lowest BCUT2D eigenvalue weighted by Crippen LogP contribution is -2.33. The van der Waals surface area contributed by atoms with Gasteiger partial charge in [-0.25, -0.2) is 0 Å². The Bertz CT molecular complexity index is 1340. The molecule has 5 rings (SSSR count). The molecule has 192 valence electrons. The van der Waals surface area contributed by atoms with E-state index in [1.165, 1.54) is 16.7 Å². The van der Waals surface area contributed by atoms with Gasteiger partial charge in [0.2, 0.25) is 0 Å². The van der Waals surface area contributed by atoms with E-state index in [4.69, 9.17) is 14.2 Å². The van der Waals surface area contributed by atoms with Gasteiger partial charge in [0.15, 0.2) is 11.5 Å². The summed E-state index contributed by atoms with van der Waals surface area (Å²) in [6, 6.07) is 20.4. The minimum absolute atomic E-state index is 0.352. The fourth-order valence-corrected chi connectivity index (χ4v) is 4.53. The molecule has 3 aromatic carbocycles. The number of rotatable bonds is 10. The SMILES string of the molecule is COc1cc2c(cc1OC)CN(CCn1cc(COc3ccccc3Nc3ccc(C)cc3)nn1)CC2. The third-order valence-electron chi connectivity index (χ3n) is 6.62. The molecule has 0 fully saturated rings. The second-order valence-corrected chi connectivity index (χ2v) is 9.25. The van der Waals surface area contributed by atoms with Crippen LogP contribution in [0.5, 0.6) is 17.2 Å². The van der Waals surface area contributed by atoms with Gasteiger partial charge in [0.1, 0.15) is 18.1 Å². The van der Waals surface area contributed by atoms with Gasteiger partial charge in [0.25, 0.3) is 0 Å². The van der Waals surface area contributed by atoms with Crippen molar-refractivity contribution >= 4 is 11.4 Å². The number of methoxy groups -OCH3 is 2. The average Bonchev–Trinajstić information content (AvgIpc) is 3.39. The van der Waals surface area contributed by atoms with Crippen LogP contribution in [0, 0.1) is 6.92 Å². The molecule has 0 saturated heterocycles. The predicted molar refractivity (Wildman–Crippen MR) is 144 cm³/mol. The van der Waals surface area contributed by atoms with Crippen LogP contribution in [-0.4, -0.2) is 47.2 Å². The van der Waals surface area contributed by atoms with Gasteiger partial charge in [-0.3, -0.25) is 9.58 Å². The highest BCUT2D eigenvalue weighted by molar-refractivity contribution is 5.66. The number of aromatic nitrogens is 3. The van der Waals surface area contributed by atoms with Crippen molar-refractivity contribution in [1.82, 2.24) is 19.9 Å². The van der Waals surface area contributed by atoms with Crippen LogP contribution >= 0.6 is 0 Å². The molecule has 0 unspecified atom stereocenters. The molecule has 1 aliphatic rings. The molecule has 1 N–H and O–H groups in total. The van der Waals surface area contributed by atoms with E-state index in [0.29, 0.717) is 6.61 Å². The molecule has 0 saturated carbocycles. The van der Waals surface area contributed by atoms with Crippen molar-refractivity contribution in [2.24, 2.45) is 0 Å². The summed E-state index contributed by atoms with van der Waals surface area (Å²) < 4.78 is 18.9. The van der Waals surface area contributed by atoms with Crippen molar-refractivity contribution in [3.05, 3.63) is 89.2 Å². The number of fused-ring (bicyclic) bond motifs is 1. The monoisotopic (exact) mass is 499 g/mol. The van der Waals surface area contributed by atoms with Crippen molar-refractivity contribution in [1.29, 1.82) is 0 Å². The van der Waals surface area contributed by atoms with Gasteiger partial charge in [-0.2, -0.15) is 0 Å². The third-order valence-corrected chi connectivity index (χ3v) is 6.62. The number of benzene rings is 3. The van der Waals surface area contributed by atoms with Crippen LogP contribution in [0.15, 0.2) is 66.9 Å². The molecule has 0 radical (unpaired) electrons. The number of hydrogen-bond acceptors (Lipinski definition) is 7. The number of hydrogen-bond donors (Lipinski definition) is 1. The molecule has 37 heavy (non-hydrogen) atoms. The molecule has 0 aliphatic carbocycles. The van der Waals surface area contributed by atoms with Gasteiger partial charge in [-0.05, 0) is 60.9 Å². The zero-order valence-electron chi connectivity index (χ0n) is 21.6. The fraction of sp³-hybridized carbons (Fsp3) is 0.310. The maximum absolute atomic E-state index is 6.10. The molecule has 8 heteroatoms. The van der Waals surface area contributed by atoms with E-state index < -0.39 is 0 Å². The number of nitrogens with zero attached hydrogens (tertiary/aromatic N) is 4. The summed E-state index contributed by atoms with van der Waals surface area (Å²) >= 11 is 0. The van der Waals surface area contributed by atoms with Gasteiger partial charge >= 0.3 is 0 Å². The van der Waals surface area contributed by atoms with Crippen molar-refractivity contribution < 1.29 is 14.2 Å². The van der Waals surface area contributed by atoms with E-state index in [1.807, 2.05) is 35.1 Å². The highest BCUT2D eigenvalue weighted by Gasteiger charge is 2.19. The Hall–Kier alpha value is -4.04. The first-order valence-corrected chi connectivity index (χ1v) is 12.5. The Morgan fingerprint density at radius 2 is 1.65 bits per heavy atom. The summed E-state index contributed by atoms with van der Waals surface area (Å²) in [6.07, 6.45) is 2.95. The fourth-order valence-electron chi connectivity index (χ4n) is 4.53. The molecule has 4 aromatic rings. The molecule has 0 spiro atoms. The van der Waals surface area contributed by atoms with Crippen LogP contribution in [-0.2, 0) is 26.1 Å². The van der Waals surface area contributed by atoms with Crippen LogP contribution in [0.25, 0.3) is 0 Å². The lowest BCUT2D eigenvalue weighted by atomic mass is 9.99. The van der Waals surface area contributed by atoms with E-state index in [9.17, 15) is 0 Å². The minimum Gasteiger partial charge on any atom is -0.493 e. The molecular formula is C29H33N5O3. The normalized spacial score (nSPS) is 13.2. The van der Waals surface area contributed by atoms with Gasteiger partial charge in [-0.15, -0.1) is 5.10 Å².